The second kappa shape index (κ2) is 6.18. The number of carboxylic acids is 1. The highest BCUT2D eigenvalue weighted by molar-refractivity contribution is 5.84. The number of aromatic carboxylic acids is 1. The molecule has 0 aliphatic carbocycles. The average molecular weight is 275 g/mol. The van der Waals surface area contributed by atoms with E-state index in [-0.39, 0.29) is 5.69 Å². The highest BCUT2D eigenvalue weighted by Crippen LogP contribution is 2.16. The Hall–Kier alpha value is -2.37. The largest absolute Gasteiger partial charge is 0.494 e. The maximum Gasteiger partial charge on any atom is 0.358 e. The number of hydrogen-bond donors (Lipinski definition) is 1. The Morgan fingerprint density at radius 1 is 1.30 bits per heavy atom. The Bertz CT molecular complexity index is 587. The minimum Gasteiger partial charge on any atom is -0.494 e. The van der Waals surface area contributed by atoms with Crippen molar-refractivity contribution >= 4 is 5.97 Å². The summed E-state index contributed by atoms with van der Waals surface area (Å²) in [6.07, 6.45) is 2.15. The molecule has 2 aromatic rings. The van der Waals surface area contributed by atoms with Gasteiger partial charge < -0.3 is 9.84 Å². The van der Waals surface area contributed by atoms with E-state index in [1.54, 1.807) is 0 Å². The summed E-state index contributed by atoms with van der Waals surface area (Å²) >= 11 is 0. The second-order valence-electron chi connectivity index (χ2n) is 4.70. The lowest BCUT2D eigenvalue weighted by Crippen LogP contribution is -2.05. The van der Waals surface area contributed by atoms with Crippen LogP contribution in [0.5, 0.6) is 5.75 Å². The lowest BCUT2D eigenvalue weighted by Gasteiger charge is -2.08. The summed E-state index contributed by atoms with van der Waals surface area (Å²) < 4.78 is 7.17. The smallest absolute Gasteiger partial charge is 0.358 e. The van der Waals surface area contributed by atoms with E-state index in [0.717, 1.165) is 12.2 Å². The molecule has 0 spiro atoms. The molecule has 0 bridgehead atoms. The fourth-order valence-electron chi connectivity index (χ4n) is 1.94. The Balaban J connectivity index is 1.79. The molecule has 1 N–H and O–H groups in total. The van der Waals surface area contributed by atoms with Gasteiger partial charge in [0, 0.05) is 13.0 Å². The zero-order chi connectivity index (χ0) is 14.5. The van der Waals surface area contributed by atoms with Gasteiger partial charge in [0.2, 0.25) is 0 Å². The van der Waals surface area contributed by atoms with Crippen LogP contribution in [0.25, 0.3) is 0 Å². The number of rotatable bonds is 6. The minimum atomic E-state index is -1.07. The summed E-state index contributed by atoms with van der Waals surface area (Å²) in [7, 11) is 0. The van der Waals surface area contributed by atoms with Gasteiger partial charge in [-0.1, -0.05) is 11.3 Å². The molecule has 1 aromatic carbocycles. The Labute approximate surface area is 117 Å². The lowest BCUT2D eigenvalue weighted by molar-refractivity contribution is 0.0690. The second-order valence-corrected chi connectivity index (χ2v) is 4.70. The quantitative estimate of drug-likeness (QED) is 0.816. The zero-order valence-electron chi connectivity index (χ0n) is 11.5. The van der Waals surface area contributed by atoms with Gasteiger partial charge in [-0.3, -0.25) is 4.68 Å². The standard InChI is InChI=1S/C14H17N3O3/c1-10-6-11(2)8-12(7-10)20-5-3-4-17-9-13(14(18)19)15-16-17/h6-9H,3-5H2,1-2H3,(H,18,19). The molecule has 0 aliphatic heterocycles. The van der Waals surface area contributed by atoms with Crippen molar-refractivity contribution < 1.29 is 14.6 Å². The molecule has 0 amide bonds. The van der Waals surface area contributed by atoms with Gasteiger partial charge in [0.25, 0.3) is 0 Å². The third-order valence-corrected chi connectivity index (χ3v) is 2.75. The van der Waals surface area contributed by atoms with Crippen LogP contribution in [0.3, 0.4) is 0 Å². The normalized spacial score (nSPS) is 10.5. The lowest BCUT2D eigenvalue weighted by atomic mass is 10.1. The van der Waals surface area contributed by atoms with E-state index < -0.39 is 5.97 Å². The third kappa shape index (κ3) is 3.81. The number of carboxylic acid groups (broad SMARTS) is 1. The molecular weight excluding hydrogens is 258 g/mol. The molecule has 6 nitrogen and oxygen atoms in total. The van der Waals surface area contributed by atoms with Crippen LogP contribution in [0.1, 0.15) is 28.0 Å². The summed E-state index contributed by atoms with van der Waals surface area (Å²) in [5, 5.41) is 16.0. The first-order valence-electron chi connectivity index (χ1n) is 6.39. The van der Waals surface area contributed by atoms with Gasteiger partial charge in [0.15, 0.2) is 5.69 Å². The summed E-state index contributed by atoms with van der Waals surface area (Å²) in [5.41, 5.74) is 2.30. The highest BCUT2D eigenvalue weighted by atomic mass is 16.5. The molecule has 0 saturated carbocycles. The number of aryl methyl sites for hydroxylation is 3. The average Bonchev–Trinajstić information content (AvgIpc) is 2.82. The van der Waals surface area contributed by atoms with Crippen molar-refractivity contribution in [2.24, 2.45) is 0 Å². The van der Waals surface area contributed by atoms with Gasteiger partial charge in [-0.15, -0.1) is 5.10 Å². The fourth-order valence-corrected chi connectivity index (χ4v) is 1.94. The van der Waals surface area contributed by atoms with Crippen LogP contribution in [0, 0.1) is 13.8 Å². The Kier molecular flexibility index (Phi) is 4.34. The first kappa shape index (κ1) is 14.0. The molecule has 0 unspecified atom stereocenters. The van der Waals surface area contributed by atoms with E-state index >= 15 is 0 Å². The molecular formula is C14H17N3O3. The zero-order valence-corrected chi connectivity index (χ0v) is 11.5. The molecule has 6 heteroatoms. The van der Waals surface area contributed by atoms with Crippen molar-refractivity contribution in [2.75, 3.05) is 6.61 Å². The summed E-state index contributed by atoms with van der Waals surface area (Å²) in [5.74, 6) is -0.213. The van der Waals surface area contributed by atoms with Crippen LogP contribution in [-0.2, 0) is 6.54 Å². The number of aromatic nitrogens is 3. The predicted molar refractivity (Wildman–Crippen MR) is 73.0 cm³/mol. The number of nitrogens with zero attached hydrogens (tertiary/aromatic N) is 3. The Morgan fingerprint density at radius 3 is 2.60 bits per heavy atom. The monoisotopic (exact) mass is 275 g/mol. The summed E-state index contributed by atoms with van der Waals surface area (Å²) in [4.78, 5) is 10.7. The van der Waals surface area contributed by atoms with Crippen molar-refractivity contribution in [3.05, 3.63) is 41.2 Å². The van der Waals surface area contributed by atoms with E-state index in [1.807, 2.05) is 26.0 Å². The molecule has 2 rings (SSSR count). The SMILES string of the molecule is Cc1cc(C)cc(OCCCn2cc(C(=O)O)nn2)c1. The maximum atomic E-state index is 10.7. The van der Waals surface area contributed by atoms with Crippen molar-refractivity contribution in [2.45, 2.75) is 26.8 Å². The van der Waals surface area contributed by atoms with Crippen LogP contribution >= 0.6 is 0 Å². The van der Waals surface area contributed by atoms with Crippen LogP contribution in [0.15, 0.2) is 24.4 Å². The molecule has 0 atom stereocenters. The van der Waals surface area contributed by atoms with Crippen LogP contribution in [-0.4, -0.2) is 32.7 Å². The summed E-state index contributed by atoms with van der Waals surface area (Å²) in [6.45, 7) is 5.18. The molecule has 106 valence electrons. The van der Waals surface area contributed by atoms with Crippen molar-refractivity contribution in [1.82, 2.24) is 15.0 Å². The van der Waals surface area contributed by atoms with Crippen LogP contribution in [0.2, 0.25) is 0 Å². The number of hydrogen-bond acceptors (Lipinski definition) is 4. The van der Waals surface area contributed by atoms with Crippen molar-refractivity contribution in [1.29, 1.82) is 0 Å². The van der Waals surface area contributed by atoms with Gasteiger partial charge >= 0.3 is 5.97 Å². The number of carbonyl (C=O) groups is 1. The first-order valence-corrected chi connectivity index (χ1v) is 6.39. The van der Waals surface area contributed by atoms with Crippen LogP contribution < -0.4 is 4.74 Å². The topological polar surface area (TPSA) is 77.2 Å². The third-order valence-electron chi connectivity index (χ3n) is 2.75. The Morgan fingerprint density at radius 2 is 2.00 bits per heavy atom. The molecule has 0 saturated heterocycles. The van der Waals surface area contributed by atoms with Crippen LogP contribution in [0.4, 0.5) is 0 Å². The number of ether oxygens (including phenoxy) is 1. The highest BCUT2D eigenvalue weighted by Gasteiger charge is 2.07. The molecule has 0 fully saturated rings. The van der Waals surface area contributed by atoms with Gasteiger partial charge in [0.05, 0.1) is 12.8 Å². The minimum absolute atomic E-state index is 0.0415. The molecule has 1 heterocycles. The summed E-state index contributed by atoms with van der Waals surface area (Å²) in [6, 6.07) is 6.08. The predicted octanol–water partition coefficient (Wildman–Crippen LogP) is 2.06. The van der Waals surface area contributed by atoms with E-state index in [1.165, 1.54) is 22.0 Å². The molecule has 0 aliphatic rings. The van der Waals surface area contributed by atoms with Gasteiger partial charge in [-0.25, -0.2) is 4.79 Å². The maximum absolute atomic E-state index is 10.7. The first-order chi connectivity index (χ1) is 9.54. The molecule has 1 aromatic heterocycles. The van der Waals surface area contributed by atoms with Crippen molar-refractivity contribution in [3.63, 3.8) is 0 Å². The molecule has 20 heavy (non-hydrogen) atoms. The fraction of sp³-hybridized carbons (Fsp3) is 0.357. The van der Waals surface area contributed by atoms with Gasteiger partial charge in [-0.2, -0.15) is 0 Å². The van der Waals surface area contributed by atoms with E-state index in [0.29, 0.717) is 13.2 Å². The van der Waals surface area contributed by atoms with E-state index in [4.69, 9.17) is 9.84 Å². The number of benzene rings is 1. The van der Waals surface area contributed by atoms with E-state index in [2.05, 4.69) is 16.4 Å². The van der Waals surface area contributed by atoms with E-state index in [9.17, 15) is 4.79 Å². The molecule has 0 radical (unpaired) electrons. The van der Waals surface area contributed by atoms with Gasteiger partial charge in [0.1, 0.15) is 5.75 Å². The van der Waals surface area contributed by atoms with Crippen molar-refractivity contribution in [3.8, 4) is 5.75 Å². The van der Waals surface area contributed by atoms with Gasteiger partial charge in [-0.05, 0) is 37.1 Å².